The number of rotatable bonds is 10. The van der Waals surface area contributed by atoms with Gasteiger partial charge in [0.15, 0.2) is 0 Å². The van der Waals surface area contributed by atoms with Crippen molar-refractivity contribution in [3.05, 3.63) is 65.2 Å². The van der Waals surface area contributed by atoms with E-state index in [1.807, 2.05) is 90.0 Å². The molecule has 3 N–H and O–H groups in total. The fourth-order valence-corrected chi connectivity index (χ4v) is 5.84. The van der Waals surface area contributed by atoms with E-state index in [-0.39, 0.29) is 29.6 Å². The zero-order chi connectivity index (χ0) is 36.0. The van der Waals surface area contributed by atoms with Crippen molar-refractivity contribution < 1.29 is 42.2 Å². The van der Waals surface area contributed by atoms with Gasteiger partial charge in [0.1, 0.15) is 30.5 Å². The van der Waals surface area contributed by atoms with Crippen LogP contribution in [0.25, 0.3) is 0 Å². The number of hydrogen-bond donors (Lipinski definition) is 3. The lowest BCUT2D eigenvalue weighted by Crippen LogP contribution is -2.67. The molecule has 1 fully saturated rings. The molecule has 1 heterocycles. The van der Waals surface area contributed by atoms with Crippen LogP contribution in [0, 0.1) is 11.8 Å². The molecule has 0 saturated carbocycles. The van der Waals surface area contributed by atoms with Gasteiger partial charge in [0.05, 0.1) is 0 Å². The monoisotopic (exact) mass is 676 g/mol. The number of aliphatic carboxylic acids is 1. The highest BCUT2D eigenvalue weighted by Gasteiger charge is 2.49. The number of nitrogens with one attached hydrogen (secondary N) is 2. The van der Waals surface area contributed by atoms with Crippen molar-refractivity contribution in [2.75, 3.05) is 27.2 Å². The molecule has 2 aliphatic rings. The van der Waals surface area contributed by atoms with E-state index in [2.05, 4.69) is 22.8 Å². The van der Waals surface area contributed by atoms with Crippen LogP contribution in [0.5, 0.6) is 5.75 Å². The van der Waals surface area contributed by atoms with Crippen molar-refractivity contribution in [1.29, 1.82) is 0 Å². The van der Waals surface area contributed by atoms with E-state index in [9.17, 15) is 27.6 Å². The van der Waals surface area contributed by atoms with Gasteiger partial charge in [-0.1, -0.05) is 50.2 Å². The summed E-state index contributed by atoms with van der Waals surface area (Å²) in [5.74, 6) is -2.69. The molecule has 264 valence electrons. The smallest absolute Gasteiger partial charge is 0.490 e. The lowest BCUT2D eigenvalue weighted by atomic mass is 9.87. The minimum absolute atomic E-state index is 0.0647. The van der Waals surface area contributed by atoms with E-state index < -0.39 is 35.8 Å². The van der Waals surface area contributed by atoms with Crippen molar-refractivity contribution in [2.24, 2.45) is 11.8 Å². The van der Waals surface area contributed by atoms with Crippen molar-refractivity contribution in [3.8, 4) is 5.75 Å². The summed E-state index contributed by atoms with van der Waals surface area (Å²) in [5.41, 5.74) is 2.55. The van der Waals surface area contributed by atoms with Gasteiger partial charge in [0, 0.05) is 12.1 Å². The molecule has 3 amide bonds. The third kappa shape index (κ3) is 10.4. The van der Waals surface area contributed by atoms with Gasteiger partial charge in [-0.15, -0.1) is 0 Å². The molecule has 0 aromatic heterocycles. The number of likely N-dealkylation sites (N-methyl/N-ethyl adjacent to an activating group) is 1. The van der Waals surface area contributed by atoms with Crippen LogP contribution >= 0.6 is 0 Å². The number of hydrogen-bond acceptors (Lipinski definition) is 6. The Balaban J connectivity index is 0.000000804. The predicted molar refractivity (Wildman–Crippen MR) is 174 cm³/mol. The summed E-state index contributed by atoms with van der Waals surface area (Å²) in [7, 11) is 3.98. The number of carboxylic acids is 1. The molecule has 1 aliphatic carbocycles. The summed E-state index contributed by atoms with van der Waals surface area (Å²) in [6.07, 6.45) is -3.19. The summed E-state index contributed by atoms with van der Waals surface area (Å²) >= 11 is 0. The number of carbonyl (C=O) groups excluding carboxylic acids is 3. The van der Waals surface area contributed by atoms with E-state index in [0.717, 1.165) is 6.54 Å². The number of alkyl halides is 3. The number of nitrogens with zero attached hydrogens (tertiary/aromatic N) is 2. The van der Waals surface area contributed by atoms with Crippen LogP contribution < -0.4 is 15.4 Å². The van der Waals surface area contributed by atoms with Crippen molar-refractivity contribution in [2.45, 2.75) is 83.7 Å². The summed E-state index contributed by atoms with van der Waals surface area (Å²) in [5, 5.41) is 13.3. The van der Waals surface area contributed by atoms with Crippen LogP contribution in [-0.4, -0.2) is 89.6 Å². The maximum Gasteiger partial charge on any atom is 0.490 e. The molecule has 0 radical (unpaired) electrons. The van der Waals surface area contributed by atoms with Crippen LogP contribution in [0.1, 0.15) is 63.8 Å². The van der Waals surface area contributed by atoms with Gasteiger partial charge in [-0.05, 0) is 94.8 Å². The number of ether oxygens (including phenoxy) is 1. The number of fused-ring (bicyclic) bond motifs is 1. The number of carboxylic acid groups (broad SMARTS) is 1. The van der Waals surface area contributed by atoms with Crippen LogP contribution in [-0.2, 0) is 32.0 Å². The molecule has 0 unspecified atom stereocenters. The normalized spacial score (nSPS) is 19.0. The minimum atomic E-state index is -5.08. The molecule has 3 atom stereocenters. The fourth-order valence-electron chi connectivity index (χ4n) is 5.84. The van der Waals surface area contributed by atoms with Crippen LogP contribution in [0.2, 0.25) is 0 Å². The van der Waals surface area contributed by atoms with Gasteiger partial charge in [-0.3, -0.25) is 14.4 Å². The first kappa shape index (κ1) is 38.3. The largest absolute Gasteiger partial charge is 0.492 e. The van der Waals surface area contributed by atoms with Crippen molar-refractivity contribution >= 4 is 23.7 Å². The Kier molecular flexibility index (Phi) is 12.6. The number of benzene rings is 2. The molecular weight excluding hydrogens is 629 g/mol. The van der Waals surface area contributed by atoms with E-state index in [1.54, 1.807) is 4.90 Å². The highest BCUT2D eigenvalue weighted by molar-refractivity contribution is 6.00. The fraction of sp³-hybridized carbons (Fsp3) is 0.543. The third-order valence-electron chi connectivity index (χ3n) is 7.98. The molecule has 2 aromatic carbocycles. The van der Waals surface area contributed by atoms with E-state index in [1.165, 1.54) is 11.1 Å². The van der Waals surface area contributed by atoms with Crippen LogP contribution in [0.15, 0.2) is 48.5 Å². The summed E-state index contributed by atoms with van der Waals surface area (Å²) < 4.78 is 37.6. The molecule has 10 nitrogen and oxygen atoms in total. The molecule has 13 heteroatoms. The maximum atomic E-state index is 14.5. The Labute approximate surface area is 280 Å². The van der Waals surface area contributed by atoms with E-state index in [0.29, 0.717) is 37.2 Å². The number of carbonyl (C=O) groups is 4. The first-order valence-electron chi connectivity index (χ1n) is 16.0. The Hall–Kier alpha value is -4.13. The minimum Gasteiger partial charge on any atom is -0.492 e. The molecule has 4 rings (SSSR count). The number of halogens is 3. The zero-order valence-electron chi connectivity index (χ0n) is 28.6. The topological polar surface area (TPSA) is 128 Å². The third-order valence-corrected chi connectivity index (χ3v) is 7.98. The Morgan fingerprint density at radius 2 is 1.56 bits per heavy atom. The average Bonchev–Trinajstić information content (AvgIpc) is 3.40. The second kappa shape index (κ2) is 15.8. The van der Waals surface area contributed by atoms with Gasteiger partial charge >= 0.3 is 12.1 Å². The lowest BCUT2D eigenvalue weighted by molar-refractivity contribution is -0.192. The molecule has 0 spiro atoms. The summed E-state index contributed by atoms with van der Waals surface area (Å²) in [6, 6.07) is 13.1. The SMILES string of the molecule is CC(C)C[C@@H]1C(=O)N[C@H](C2Cc3ccccc3C2)C(=O)N1[C@@H](C(=O)NC(C)(C)C)c1ccc(OCCN(C)C)cc1.O=C(O)C(F)(F)F. The quantitative estimate of drug-likeness (QED) is 0.341. The molecule has 48 heavy (non-hydrogen) atoms. The van der Waals surface area contributed by atoms with E-state index >= 15 is 0 Å². The van der Waals surface area contributed by atoms with Crippen molar-refractivity contribution in [3.63, 3.8) is 0 Å². The number of piperazine rings is 1. The van der Waals surface area contributed by atoms with Crippen LogP contribution in [0.3, 0.4) is 0 Å². The highest BCUT2D eigenvalue weighted by atomic mass is 19.4. The molecule has 1 aliphatic heterocycles. The van der Waals surface area contributed by atoms with Gasteiger partial charge in [-0.2, -0.15) is 13.2 Å². The average molecular weight is 677 g/mol. The summed E-state index contributed by atoms with van der Waals surface area (Å²) in [4.78, 5) is 54.7. The van der Waals surface area contributed by atoms with Crippen LogP contribution in [0.4, 0.5) is 13.2 Å². The van der Waals surface area contributed by atoms with Gasteiger partial charge in [0.2, 0.25) is 17.7 Å². The Morgan fingerprint density at radius 1 is 1.02 bits per heavy atom. The number of amides is 3. The highest BCUT2D eigenvalue weighted by Crippen LogP contribution is 2.36. The molecule has 2 aromatic rings. The molecule has 1 saturated heterocycles. The Bertz CT molecular complexity index is 1410. The first-order chi connectivity index (χ1) is 22.3. The van der Waals surface area contributed by atoms with Crippen molar-refractivity contribution in [1.82, 2.24) is 20.4 Å². The van der Waals surface area contributed by atoms with Gasteiger partial charge < -0.3 is 30.3 Å². The van der Waals surface area contributed by atoms with E-state index in [4.69, 9.17) is 14.6 Å². The van der Waals surface area contributed by atoms with Gasteiger partial charge in [-0.25, -0.2) is 4.79 Å². The Morgan fingerprint density at radius 3 is 2.02 bits per heavy atom. The standard InChI is InChI=1S/C33H46N4O4.C2HF3O2/c1-21(2)18-27-30(38)34-28(25-19-23-10-8-9-11-24(23)20-25)32(40)37(27)29(31(39)35-33(3,4)5)22-12-14-26(15-13-22)41-17-16-36(6)7;3-2(4,5)1(6)7/h8-15,21,25,27-29H,16-20H2,1-7H3,(H,34,38)(H,35,39);(H,6,7)/t27-,28-,29-;/m1./s1. The first-order valence-corrected chi connectivity index (χ1v) is 16.0. The maximum absolute atomic E-state index is 14.5. The lowest BCUT2D eigenvalue weighted by Gasteiger charge is -2.45. The molecular formula is C35H47F3N4O6. The van der Waals surface area contributed by atoms with Gasteiger partial charge in [0.25, 0.3) is 0 Å². The zero-order valence-corrected chi connectivity index (χ0v) is 28.6. The second-order valence-electron chi connectivity index (χ2n) is 14.0. The predicted octanol–water partition coefficient (Wildman–Crippen LogP) is 4.37. The summed E-state index contributed by atoms with van der Waals surface area (Å²) in [6.45, 7) is 11.1. The second-order valence-corrected chi connectivity index (χ2v) is 14.0. The molecule has 0 bridgehead atoms.